The molecule has 6 nitrogen and oxygen atoms in total. The quantitative estimate of drug-likeness (QED) is 0.789. The monoisotopic (exact) mass is 278 g/mol. The van der Waals surface area contributed by atoms with Crippen LogP contribution in [0.3, 0.4) is 0 Å². The van der Waals surface area contributed by atoms with Gasteiger partial charge < -0.3 is 20.5 Å². The number of ether oxygens (including phenoxy) is 1. The van der Waals surface area contributed by atoms with Gasteiger partial charge in [-0.15, -0.1) is 0 Å². The third-order valence-corrected chi connectivity index (χ3v) is 3.22. The molecule has 1 saturated heterocycles. The molecule has 2 rings (SSSR count). The third kappa shape index (κ3) is 3.71. The topological polar surface area (TPSA) is 87.7 Å². The zero-order valence-electron chi connectivity index (χ0n) is 11.3. The van der Waals surface area contributed by atoms with Crippen molar-refractivity contribution in [1.82, 2.24) is 5.32 Å². The van der Waals surface area contributed by atoms with Gasteiger partial charge in [-0.25, -0.2) is 9.59 Å². The first-order valence-electron chi connectivity index (χ1n) is 6.55. The summed E-state index contributed by atoms with van der Waals surface area (Å²) in [6.07, 6.45) is 1.85. The van der Waals surface area contributed by atoms with Crippen LogP contribution < -0.4 is 10.6 Å². The number of hydrogen-bond acceptors (Lipinski definition) is 3. The van der Waals surface area contributed by atoms with Crippen LogP contribution in [0.5, 0.6) is 0 Å². The summed E-state index contributed by atoms with van der Waals surface area (Å²) >= 11 is 0. The van der Waals surface area contributed by atoms with Crippen LogP contribution in [0, 0.1) is 6.92 Å². The van der Waals surface area contributed by atoms with Gasteiger partial charge in [0.2, 0.25) is 0 Å². The van der Waals surface area contributed by atoms with Crippen LogP contribution in [-0.2, 0) is 4.74 Å². The number of rotatable bonds is 3. The number of carbonyl (C=O) groups is 2. The molecule has 6 heteroatoms. The third-order valence-electron chi connectivity index (χ3n) is 3.22. The van der Waals surface area contributed by atoms with Crippen molar-refractivity contribution in [2.24, 2.45) is 0 Å². The largest absolute Gasteiger partial charge is 0.478 e. The Hall–Kier alpha value is -2.08. The average Bonchev–Trinajstić information content (AvgIpc) is 2.42. The summed E-state index contributed by atoms with van der Waals surface area (Å²) in [5.41, 5.74) is 1.51. The molecule has 0 aliphatic carbocycles. The van der Waals surface area contributed by atoms with Crippen molar-refractivity contribution in [2.45, 2.75) is 25.8 Å². The van der Waals surface area contributed by atoms with Crippen molar-refractivity contribution < 1.29 is 19.4 Å². The maximum Gasteiger partial charge on any atom is 0.335 e. The molecule has 0 saturated carbocycles. The van der Waals surface area contributed by atoms with Gasteiger partial charge in [-0.3, -0.25) is 0 Å². The first-order chi connectivity index (χ1) is 9.56. The molecule has 1 unspecified atom stereocenters. The molecule has 1 aliphatic heterocycles. The number of aryl methyl sites for hydroxylation is 1. The number of benzene rings is 1. The number of carbonyl (C=O) groups excluding carboxylic acids is 1. The van der Waals surface area contributed by atoms with Crippen molar-refractivity contribution in [1.29, 1.82) is 0 Å². The number of carboxylic acids is 1. The molecule has 0 spiro atoms. The van der Waals surface area contributed by atoms with E-state index < -0.39 is 5.97 Å². The summed E-state index contributed by atoms with van der Waals surface area (Å²) in [7, 11) is 0. The molecule has 1 fully saturated rings. The predicted octanol–water partition coefficient (Wildman–Crippen LogP) is 1.99. The van der Waals surface area contributed by atoms with E-state index in [-0.39, 0.29) is 17.6 Å². The highest BCUT2D eigenvalue weighted by Crippen LogP contribution is 2.16. The number of hydrogen-bond donors (Lipinski definition) is 3. The van der Waals surface area contributed by atoms with Crippen molar-refractivity contribution in [3.8, 4) is 0 Å². The Morgan fingerprint density at radius 3 is 2.80 bits per heavy atom. The van der Waals surface area contributed by atoms with Crippen LogP contribution in [-0.4, -0.2) is 36.4 Å². The molecule has 1 aromatic rings. The highest BCUT2D eigenvalue weighted by molar-refractivity contribution is 5.92. The van der Waals surface area contributed by atoms with Crippen LogP contribution in [0.15, 0.2) is 18.2 Å². The highest BCUT2D eigenvalue weighted by atomic mass is 16.5. The van der Waals surface area contributed by atoms with Crippen molar-refractivity contribution >= 4 is 17.7 Å². The van der Waals surface area contributed by atoms with E-state index in [9.17, 15) is 9.59 Å². The second-order valence-corrected chi connectivity index (χ2v) is 4.85. The Morgan fingerprint density at radius 2 is 2.20 bits per heavy atom. The van der Waals surface area contributed by atoms with E-state index in [0.717, 1.165) is 19.4 Å². The predicted molar refractivity (Wildman–Crippen MR) is 74.1 cm³/mol. The van der Waals surface area contributed by atoms with E-state index >= 15 is 0 Å². The van der Waals surface area contributed by atoms with Crippen molar-refractivity contribution in [3.63, 3.8) is 0 Å². The molecule has 0 radical (unpaired) electrons. The first kappa shape index (κ1) is 14.3. The summed E-state index contributed by atoms with van der Waals surface area (Å²) in [5.74, 6) is -0.983. The molecule has 108 valence electrons. The van der Waals surface area contributed by atoms with Crippen molar-refractivity contribution in [2.75, 3.05) is 18.5 Å². The fourth-order valence-corrected chi connectivity index (χ4v) is 2.14. The Kier molecular flexibility index (Phi) is 4.57. The lowest BCUT2D eigenvalue weighted by atomic mass is 10.1. The summed E-state index contributed by atoms with van der Waals surface area (Å²) in [5, 5.41) is 14.5. The van der Waals surface area contributed by atoms with Crippen LogP contribution in [0.1, 0.15) is 28.8 Å². The average molecular weight is 278 g/mol. The normalized spacial score (nSPS) is 18.4. The van der Waals surface area contributed by atoms with E-state index in [1.165, 1.54) is 12.1 Å². The van der Waals surface area contributed by atoms with Gasteiger partial charge >= 0.3 is 12.0 Å². The molecule has 0 aromatic heterocycles. The second-order valence-electron chi connectivity index (χ2n) is 4.85. The number of nitrogens with one attached hydrogen (secondary N) is 2. The Bertz CT molecular complexity index is 510. The zero-order chi connectivity index (χ0) is 14.5. The summed E-state index contributed by atoms with van der Waals surface area (Å²) in [4.78, 5) is 22.7. The molecule has 1 aromatic carbocycles. The number of carboxylic acid groups (broad SMARTS) is 1. The van der Waals surface area contributed by atoms with Gasteiger partial charge in [-0.2, -0.15) is 0 Å². The summed E-state index contributed by atoms with van der Waals surface area (Å²) in [6, 6.07) is 4.32. The molecule has 1 aliphatic rings. The lowest BCUT2D eigenvalue weighted by Crippen LogP contribution is -2.42. The fourth-order valence-electron chi connectivity index (χ4n) is 2.14. The number of aromatic carboxylic acids is 1. The standard InChI is InChI=1S/C14H18N2O4/c1-9-7-10(13(17)18)4-5-12(9)16-14(19)15-11-3-2-6-20-8-11/h4-5,7,11H,2-3,6,8H2,1H3,(H,17,18)(H2,15,16,19). The SMILES string of the molecule is Cc1cc(C(=O)O)ccc1NC(=O)NC1CCCOC1. The van der Waals surface area contributed by atoms with Crippen LogP contribution >= 0.6 is 0 Å². The minimum absolute atomic E-state index is 0.0300. The van der Waals surface area contributed by atoms with Crippen LogP contribution in [0.25, 0.3) is 0 Å². The fraction of sp³-hybridized carbons (Fsp3) is 0.429. The number of urea groups is 1. The smallest absolute Gasteiger partial charge is 0.335 e. The van der Waals surface area contributed by atoms with Gasteiger partial charge in [0.05, 0.1) is 18.2 Å². The van der Waals surface area contributed by atoms with Gasteiger partial charge in [0.25, 0.3) is 0 Å². The minimum atomic E-state index is -0.983. The zero-order valence-corrected chi connectivity index (χ0v) is 11.3. The van der Waals surface area contributed by atoms with Gasteiger partial charge in [-0.1, -0.05) is 0 Å². The minimum Gasteiger partial charge on any atom is -0.478 e. The second kappa shape index (κ2) is 6.38. The van der Waals surface area contributed by atoms with E-state index in [1.54, 1.807) is 13.0 Å². The van der Waals surface area contributed by atoms with Gasteiger partial charge in [0.15, 0.2) is 0 Å². The number of anilines is 1. The van der Waals surface area contributed by atoms with E-state index in [1.807, 2.05) is 0 Å². The molecule has 0 bridgehead atoms. The highest BCUT2D eigenvalue weighted by Gasteiger charge is 2.16. The maximum atomic E-state index is 11.9. The van der Waals surface area contributed by atoms with Crippen LogP contribution in [0.2, 0.25) is 0 Å². The Labute approximate surface area is 117 Å². The van der Waals surface area contributed by atoms with Crippen LogP contribution in [0.4, 0.5) is 10.5 Å². The Morgan fingerprint density at radius 1 is 1.40 bits per heavy atom. The lowest BCUT2D eigenvalue weighted by molar-refractivity contribution is 0.0697. The van der Waals surface area contributed by atoms with E-state index in [2.05, 4.69) is 10.6 Å². The van der Waals surface area contributed by atoms with Gasteiger partial charge in [0, 0.05) is 12.3 Å². The summed E-state index contributed by atoms with van der Waals surface area (Å²) < 4.78 is 5.29. The lowest BCUT2D eigenvalue weighted by Gasteiger charge is -2.23. The van der Waals surface area contributed by atoms with E-state index in [0.29, 0.717) is 17.9 Å². The van der Waals surface area contributed by atoms with Gasteiger partial charge in [-0.05, 0) is 43.5 Å². The molecular weight excluding hydrogens is 260 g/mol. The number of amides is 2. The molecule has 3 N–H and O–H groups in total. The maximum absolute atomic E-state index is 11.9. The molecular formula is C14H18N2O4. The molecule has 2 amide bonds. The Balaban J connectivity index is 1.95. The molecule has 1 heterocycles. The molecule has 20 heavy (non-hydrogen) atoms. The first-order valence-corrected chi connectivity index (χ1v) is 6.55. The van der Waals surface area contributed by atoms with E-state index in [4.69, 9.17) is 9.84 Å². The van der Waals surface area contributed by atoms with Gasteiger partial charge in [0.1, 0.15) is 0 Å². The van der Waals surface area contributed by atoms with Crippen molar-refractivity contribution in [3.05, 3.63) is 29.3 Å². The summed E-state index contributed by atoms with van der Waals surface area (Å²) in [6.45, 7) is 3.03. The molecule has 1 atom stereocenters.